The van der Waals surface area contributed by atoms with Gasteiger partial charge in [-0.2, -0.15) is 0 Å². The molecule has 0 saturated heterocycles. The van der Waals surface area contributed by atoms with E-state index in [0.717, 1.165) is 17.5 Å². The highest BCUT2D eigenvalue weighted by Gasteiger charge is 2.22. The first-order valence-electron chi connectivity index (χ1n) is 9.24. The number of aromatic hydroxyl groups is 1. The number of phenolic OH excluding ortho intramolecular Hbond substituents is 1. The van der Waals surface area contributed by atoms with Crippen LogP contribution in [-0.4, -0.2) is 37.2 Å². The van der Waals surface area contributed by atoms with Gasteiger partial charge in [-0.1, -0.05) is 6.07 Å². The van der Waals surface area contributed by atoms with E-state index in [0.29, 0.717) is 35.2 Å². The van der Waals surface area contributed by atoms with Crippen LogP contribution in [0.3, 0.4) is 0 Å². The number of carbonyl (C=O) groups excluding carboxylic acids is 1. The monoisotopic (exact) mass is 382 g/mol. The van der Waals surface area contributed by atoms with Crippen molar-refractivity contribution in [1.82, 2.24) is 19.7 Å². The van der Waals surface area contributed by atoms with Crippen LogP contribution in [-0.2, 0) is 31.2 Å². The van der Waals surface area contributed by atoms with Crippen molar-refractivity contribution >= 4 is 16.9 Å². The molecule has 0 bridgehead atoms. The fraction of sp³-hybridized carbons (Fsp3) is 0.350. The van der Waals surface area contributed by atoms with Gasteiger partial charge in [0.1, 0.15) is 11.4 Å². The summed E-state index contributed by atoms with van der Waals surface area (Å²) in [6, 6.07) is 5.24. The van der Waals surface area contributed by atoms with E-state index in [1.165, 1.54) is 4.68 Å². The van der Waals surface area contributed by atoms with Crippen molar-refractivity contribution in [3.8, 4) is 5.75 Å². The lowest BCUT2D eigenvalue weighted by Crippen LogP contribution is -2.36. The summed E-state index contributed by atoms with van der Waals surface area (Å²) in [4.78, 5) is 41.8. The third-order valence-corrected chi connectivity index (χ3v) is 5.55. The summed E-state index contributed by atoms with van der Waals surface area (Å²) in [6.07, 6.45) is 1.20. The zero-order valence-corrected chi connectivity index (χ0v) is 15.8. The second-order valence-corrected chi connectivity index (χ2v) is 7.30. The molecule has 0 fully saturated rings. The van der Waals surface area contributed by atoms with Crippen molar-refractivity contribution in [1.29, 1.82) is 0 Å². The van der Waals surface area contributed by atoms with Gasteiger partial charge in [0.15, 0.2) is 0 Å². The topological polar surface area (TPSA) is 111 Å². The minimum atomic E-state index is -0.277. The third kappa shape index (κ3) is 3.00. The van der Waals surface area contributed by atoms with Crippen molar-refractivity contribution in [3.63, 3.8) is 0 Å². The first-order valence-corrected chi connectivity index (χ1v) is 9.24. The van der Waals surface area contributed by atoms with Crippen LogP contribution in [0.25, 0.3) is 11.0 Å². The van der Waals surface area contributed by atoms with Crippen molar-refractivity contribution < 1.29 is 9.90 Å². The van der Waals surface area contributed by atoms with E-state index in [1.807, 2.05) is 6.07 Å². The first kappa shape index (κ1) is 18.1. The van der Waals surface area contributed by atoms with Crippen LogP contribution in [0.4, 0.5) is 0 Å². The van der Waals surface area contributed by atoms with Gasteiger partial charge >= 0.3 is 0 Å². The molecule has 0 aliphatic carbocycles. The second kappa shape index (κ2) is 6.70. The van der Waals surface area contributed by atoms with Crippen molar-refractivity contribution in [2.75, 3.05) is 6.54 Å². The molecule has 146 valence electrons. The number of carbonyl (C=O) groups is 1. The predicted molar refractivity (Wildman–Crippen MR) is 104 cm³/mol. The minimum Gasteiger partial charge on any atom is -0.508 e. The molecule has 8 nitrogen and oxygen atoms in total. The molecule has 28 heavy (non-hydrogen) atoms. The first-order chi connectivity index (χ1) is 13.3. The number of rotatable bonds is 3. The normalized spacial score (nSPS) is 13.7. The molecule has 3 heterocycles. The predicted octanol–water partition coefficient (Wildman–Crippen LogP) is 1.09. The van der Waals surface area contributed by atoms with Gasteiger partial charge in [-0.05, 0) is 48.6 Å². The molecule has 1 aliphatic heterocycles. The Hall–Kier alpha value is -3.29. The summed E-state index contributed by atoms with van der Waals surface area (Å²) in [5, 5.41) is 12.8. The number of H-pyrrole nitrogens is 2. The number of hydrogen-bond donors (Lipinski definition) is 3. The standard InChI is InChI=1S/C20H22N4O4/c1-11-15(19(27)21-18-17(11)20(28)22-23(18)2)5-6-16(26)24-8-7-12-3-4-14(25)9-13(12)10-24/h3-4,9,25H,5-8,10H2,1-2H3,(H,21,27)(H,22,28). The molecule has 0 spiro atoms. The smallest absolute Gasteiger partial charge is 0.273 e. The van der Waals surface area contributed by atoms with E-state index in [2.05, 4.69) is 10.1 Å². The summed E-state index contributed by atoms with van der Waals surface area (Å²) in [5.74, 6) is 0.145. The number of benzene rings is 1. The molecule has 3 aromatic rings. The van der Waals surface area contributed by atoms with E-state index >= 15 is 0 Å². The van der Waals surface area contributed by atoms with Crippen LogP contribution in [0.2, 0.25) is 0 Å². The number of fused-ring (bicyclic) bond motifs is 2. The lowest BCUT2D eigenvalue weighted by Gasteiger charge is -2.29. The maximum absolute atomic E-state index is 12.7. The Balaban J connectivity index is 1.54. The molecular formula is C20H22N4O4. The zero-order chi connectivity index (χ0) is 20.0. The highest BCUT2D eigenvalue weighted by atomic mass is 16.3. The minimum absolute atomic E-state index is 0.0464. The number of aryl methyl sites for hydroxylation is 2. The van der Waals surface area contributed by atoms with E-state index in [-0.39, 0.29) is 35.6 Å². The molecule has 1 aromatic carbocycles. The van der Waals surface area contributed by atoms with Crippen molar-refractivity contribution in [2.45, 2.75) is 32.7 Å². The number of amides is 1. The number of hydrogen-bond acceptors (Lipinski definition) is 4. The third-order valence-electron chi connectivity index (χ3n) is 5.55. The van der Waals surface area contributed by atoms with Crippen molar-refractivity contribution in [2.24, 2.45) is 7.05 Å². The van der Waals surface area contributed by atoms with Crippen molar-refractivity contribution in [3.05, 3.63) is 61.2 Å². The quantitative estimate of drug-likeness (QED) is 0.629. The Morgan fingerprint density at radius 1 is 1.21 bits per heavy atom. The fourth-order valence-corrected chi connectivity index (χ4v) is 3.99. The average molecular weight is 382 g/mol. The fourth-order valence-electron chi connectivity index (χ4n) is 3.99. The largest absolute Gasteiger partial charge is 0.508 e. The van der Waals surface area contributed by atoms with Gasteiger partial charge in [-0.25, -0.2) is 0 Å². The zero-order valence-electron chi connectivity index (χ0n) is 15.8. The highest BCUT2D eigenvalue weighted by molar-refractivity contribution is 5.80. The molecule has 0 unspecified atom stereocenters. The lowest BCUT2D eigenvalue weighted by molar-refractivity contribution is -0.132. The second-order valence-electron chi connectivity index (χ2n) is 7.30. The number of phenols is 1. The van der Waals surface area contributed by atoms with E-state index in [4.69, 9.17) is 0 Å². The molecular weight excluding hydrogens is 360 g/mol. The van der Waals surface area contributed by atoms with Crippen LogP contribution in [0.1, 0.15) is 28.7 Å². The Labute approximate surface area is 160 Å². The van der Waals surface area contributed by atoms with Crippen LogP contribution in [0, 0.1) is 6.92 Å². The number of nitrogens with one attached hydrogen (secondary N) is 2. The van der Waals surface area contributed by atoms with Crippen LogP contribution >= 0.6 is 0 Å². The number of pyridine rings is 1. The maximum atomic E-state index is 12.7. The molecule has 1 aliphatic rings. The number of aromatic nitrogens is 3. The van der Waals surface area contributed by atoms with Gasteiger partial charge in [0.2, 0.25) is 5.91 Å². The van der Waals surface area contributed by atoms with Gasteiger partial charge in [0.25, 0.3) is 11.1 Å². The highest BCUT2D eigenvalue weighted by Crippen LogP contribution is 2.24. The molecule has 0 atom stereocenters. The van der Waals surface area contributed by atoms with Crippen LogP contribution in [0.5, 0.6) is 5.75 Å². The molecule has 2 aromatic heterocycles. The molecule has 4 rings (SSSR count). The van der Waals surface area contributed by atoms with E-state index < -0.39 is 0 Å². The Kier molecular flexibility index (Phi) is 4.33. The molecule has 0 saturated carbocycles. The van der Waals surface area contributed by atoms with Gasteiger partial charge < -0.3 is 15.0 Å². The SMILES string of the molecule is Cc1c(CCC(=O)N2CCc3ccc(O)cc3C2)c(=O)[nH]c2c1c(=O)[nH]n2C. The average Bonchev–Trinajstić information content (AvgIpc) is 2.94. The molecule has 8 heteroatoms. The molecule has 1 amide bonds. The van der Waals surface area contributed by atoms with Gasteiger partial charge in [-0.3, -0.25) is 24.2 Å². The Bertz CT molecular complexity index is 1200. The summed E-state index contributed by atoms with van der Waals surface area (Å²) in [5.41, 5.74) is 3.09. The van der Waals surface area contributed by atoms with E-state index in [9.17, 15) is 19.5 Å². The number of aromatic amines is 2. The van der Waals surface area contributed by atoms with E-state index in [1.54, 1.807) is 31.0 Å². The van der Waals surface area contributed by atoms with Gasteiger partial charge in [0, 0.05) is 32.1 Å². The lowest BCUT2D eigenvalue weighted by atomic mass is 9.98. The van der Waals surface area contributed by atoms with Crippen LogP contribution < -0.4 is 11.1 Å². The van der Waals surface area contributed by atoms with Gasteiger partial charge in [-0.15, -0.1) is 0 Å². The summed E-state index contributed by atoms with van der Waals surface area (Å²) >= 11 is 0. The Morgan fingerprint density at radius 2 is 2.00 bits per heavy atom. The summed E-state index contributed by atoms with van der Waals surface area (Å²) < 4.78 is 1.49. The molecule has 0 radical (unpaired) electrons. The van der Waals surface area contributed by atoms with Crippen LogP contribution in [0.15, 0.2) is 27.8 Å². The summed E-state index contributed by atoms with van der Waals surface area (Å²) in [7, 11) is 1.66. The summed E-state index contributed by atoms with van der Waals surface area (Å²) in [6.45, 7) is 2.81. The van der Waals surface area contributed by atoms with Gasteiger partial charge in [0.05, 0.1) is 5.39 Å². The Morgan fingerprint density at radius 3 is 2.79 bits per heavy atom. The maximum Gasteiger partial charge on any atom is 0.273 e. The molecule has 3 N–H and O–H groups in total. The number of nitrogens with zero attached hydrogens (tertiary/aromatic N) is 2.